The Balaban J connectivity index is 2.56. The Morgan fingerprint density at radius 3 is 2.33 bits per heavy atom. The van der Waals surface area contributed by atoms with Crippen LogP contribution in [0.2, 0.25) is 0 Å². The summed E-state index contributed by atoms with van der Waals surface area (Å²) in [6.45, 7) is 11.8. The number of nitrogens with one attached hydrogen (secondary N) is 1. The van der Waals surface area contributed by atoms with Gasteiger partial charge in [-0.1, -0.05) is 0 Å². The minimum absolute atomic E-state index is 0.00290. The van der Waals surface area contributed by atoms with Gasteiger partial charge in [0.1, 0.15) is 18.3 Å². The van der Waals surface area contributed by atoms with Gasteiger partial charge in [0.25, 0.3) is 5.56 Å². The van der Waals surface area contributed by atoms with Crippen LogP contribution in [-0.2, 0) is 32.6 Å². The molecule has 13 nitrogen and oxygen atoms in total. The number of nitriles is 1. The van der Waals surface area contributed by atoms with Crippen molar-refractivity contribution in [1.29, 1.82) is 5.26 Å². The molecule has 0 amide bonds. The van der Waals surface area contributed by atoms with Gasteiger partial charge in [0, 0.05) is 37.3 Å². The quantitative estimate of drug-likeness (QED) is 0.177. The zero-order chi connectivity index (χ0) is 29.2. The van der Waals surface area contributed by atoms with Crippen molar-refractivity contribution in [2.75, 3.05) is 26.9 Å². The number of rotatable bonds is 16. The molecule has 5 atom stereocenters. The van der Waals surface area contributed by atoms with Crippen molar-refractivity contribution >= 4 is 7.60 Å². The Bertz CT molecular complexity index is 1110. The zero-order valence-corrected chi connectivity index (χ0v) is 24.5. The lowest BCUT2D eigenvalue weighted by atomic mass is 10.1. The highest BCUT2D eigenvalue weighted by Gasteiger charge is 2.48. The van der Waals surface area contributed by atoms with E-state index in [-0.39, 0.29) is 38.3 Å². The van der Waals surface area contributed by atoms with Crippen LogP contribution >= 0.6 is 7.60 Å². The molecule has 1 saturated heterocycles. The summed E-state index contributed by atoms with van der Waals surface area (Å²) in [5.41, 5.74) is -1.25. The lowest BCUT2D eigenvalue weighted by molar-refractivity contribution is -0.271. The maximum absolute atomic E-state index is 13.1. The third kappa shape index (κ3) is 8.93. The van der Waals surface area contributed by atoms with Crippen molar-refractivity contribution in [3.8, 4) is 6.07 Å². The van der Waals surface area contributed by atoms with Gasteiger partial charge in [-0.2, -0.15) is 5.26 Å². The van der Waals surface area contributed by atoms with Gasteiger partial charge in [-0.25, -0.2) is 4.79 Å². The molecule has 1 aliphatic rings. The smallest absolute Gasteiger partial charge is 0.353 e. The van der Waals surface area contributed by atoms with Gasteiger partial charge in [0.15, 0.2) is 6.23 Å². The molecule has 1 N–H and O–H groups in total. The third-order valence-electron chi connectivity index (χ3n) is 5.88. The second-order valence-electron chi connectivity index (χ2n) is 9.25. The molecule has 1 aromatic heterocycles. The largest absolute Gasteiger partial charge is 0.374 e. The molecule has 1 aliphatic heterocycles. The van der Waals surface area contributed by atoms with E-state index in [1.165, 1.54) is 35.8 Å². The van der Waals surface area contributed by atoms with Crippen LogP contribution in [0.3, 0.4) is 0 Å². The maximum atomic E-state index is 13.1. The zero-order valence-electron chi connectivity index (χ0n) is 23.6. The van der Waals surface area contributed by atoms with Crippen LogP contribution in [0, 0.1) is 11.3 Å². The highest BCUT2D eigenvalue weighted by Crippen LogP contribution is 2.50. The summed E-state index contributed by atoms with van der Waals surface area (Å²) >= 11 is 0. The summed E-state index contributed by atoms with van der Waals surface area (Å²) in [5, 5.41) is 9.04. The molecule has 14 heteroatoms. The molecular formula is C25H41N4O9P. The average Bonchev–Trinajstić information content (AvgIpc) is 3.19. The number of H-pyrrole nitrogens is 1. The molecule has 5 unspecified atom stereocenters. The van der Waals surface area contributed by atoms with Crippen molar-refractivity contribution in [3.63, 3.8) is 0 Å². The second kappa shape index (κ2) is 15.6. The summed E-state index contributed by atoms with van der Waals surface area (Å²) in [5.74, 6) is 1.31. The van der Waals surface area contributed by atoms with Crippen molar-refractivity contribution in [1.82, 2.24) is 14.5 Å². The molecule has 220 valence electrons. The molecule has 39 heavy (non-hydrogen) atoms. The van der Waals surface area contributed by atoms with E-state index < -0.39 is 49.8 Å². The Hall–Kier alpha value is -2.14. The monoisotopic (exact) mass is 572 g/mol. The summed E-state index contributed by atoms with van der Waals surface area (Å²) in [6, 6.07) is 3.26. The molecule has 0 spiro atoms. The second-order valence-corrected chi connectivity index (χ2v) is 11.1. The predicted octanol–water partition coefficient (Wildman–Crippen LogP) is 2.95. The van der Waals surface area contributed by atoms with Crippen molar-refractivity contribution in [2.24, 2.45) is 0 Å². The summed E-state index contributed by atoms with van der Waals surface area (Å²) in [7, 11) is -2.15. The first-order valence-corrected chi connectivity index (χ1v) is 14.6. The summed E-state index contributed by atoms with van der Waals surface area (Å²) < 4.78 is 49.5. The van der Waals surface area contributed by atoms with E-state index in [1.54, 1.807) is 13.8 Å². The molecule has 0 saturated carbocycles. The molecular weight excluding hydrogens is 531 g/mol. The Labute approximate surface area is 229 Å². The van der Waals surface area contributed by atoms with Gasteiger partial charge in [-0.3, -0.25) is 23.8 Å². The Morgan fingerprint density at radius 1 is 1.18 bits per heavy atom. The lowest BCUT2D eigenvalue weighted by Crippen LogP contribution is -2.51. The fourth-order valence-corrected chi connectivity index (χ4v) is 5.72. The number of hydrogen-bond donors (Lipinski definition) is 1. The maximum Gasteiger partial charge on any atom is 0.353 e. The van der Waals surface area contributed by atoms with Crippen LogP contribution in [0.25, 0.3) is 0 Å². The van der Waals surface area contributed by atoms with Gasteiger partial charge in [0.05, 0.1) is 32.3 Å². The molecule has 1 aromatic rings. The van der Waals surface area contributed by atoms with E-state index in [4.69, 9.17) is 33.3 Å². The molecule has 0 bridgehead atoms. The van der Waals surface area contributed by atoms with Gasteiger partial charge >= 0.3 is 13.3 Å². The molecule has 0 radical (unpaired) electrons. The van der Waals surface area contributed by atoms with Gasteiger partial charge in [-0.15, -0.1) is 0 Å². The van der Waals surface area contributed by atoms with E-state index in [0.29, 0.717) is 0 Å². The van der Waals surface area contributed by atoms with E-state index >= 15 is 0 Å². The van der Waals surface area contributed by atoms with Gasteiger partial charge < -0.3 is 28.0 Å². The van der Waals surface area contributed by atoms with Gasteiger partial charge in [-0.05, 0) is 47.6 Å². The van der Waals surface area contributed by atoms with E-state index in [1.807, 2.05) is 32.6 Å². The Kier molecular flexibility index (Phi) is 13.2. The van der Waals surface area contributed by atoms with E-state index in [2.05, 4.69) is 11.1 Å². The van der Waals surface area contributed by atoms with Crippen LogP contribution in [-0.4, -0.2) is 78.2 Å². The predicted molar refractivity (Wildman–Crippen MR) is 143 cm³/mol. The van der Waals surface area contributed by atoms with Crippen molar-refractivity contribution in [3.05, 3.63) is 45.0 Å². The highest BCUT2D eigenvalue weighted by molar-refractivity contribution is 7.57. The minimum atomic E-state index is -3.59. The highest BCUT2D eigenvalue weighted by atomic mass is 31.2. The molecule has 2 heterocycles. The first-order valence-electron chi connectivity index (χ1n) is 13.0. The number of aromatic nitrogens is 2. The standard InChI is InChI=1S/C25H41N4O9P/c1-8-35-39(32,36-9-2)16-12-19-21(38-25(34-15-10-13-26)29(17(3)4)18(5)6)22(33-7)23(37-19)28-14-11-20(30)27-24(28)31/h11-12,14,16-19,21-23,25H,8-10,15H2,1-7H3,(H,27,30,31)/b16-12+. The van der Waals surface area contributed by atoms with Crippen LogP contribution in [0.4, 0.5) is 0 Å². The minimum Gasteiger partial charge on any atom is -0.374 e. The third-order valence-corrected chi connectivity index (χ3v) is 7.66. The SMILES string of the molecule is CCOP(=O)(/C=C/C1OC(n2ccc(=O)[nH]c2=O)C(OC)C1OC(OCCC#N)N(C(C)C)C(C)C)OCC. The van der Waals surface area contributed by atoms with Gasteiger partial charge in [0.2, 0.25) is 6.41 Å². The Morgan fingerprint density at radius 2 is 1.82 bits per heavy atom. The molecule has 1 fully saturated rings. The molecule has 0 aliphatic carbocycles. The summed E-state index contributed by atoms with van der Waals surface area (Å²) in [6.07, 6.45) is -1.58. The fraction of sp³-hybridized carbons (Fsp3) is 0.720. The van der Waals surface area contributed by atoms with Crippen molar-refractivity contribution < 1.29 is 32.6 Å². The van der Waals surface area contributed by atoms with Crippen LogP contribution in [0.5, 0.6) is 0 Å². The summed E-state index contributed by atoms with van der Waals surface area (Å²) in [4.78, 5) is 28.5. The first-order chi connectivity index (χ1) is 18.5. The number of nitrogens with zero attached hydrogens (tertiary/aromatic N) is 3. The van der Waals surface area contributed by atoms with Crippen LogP contribution in [0.1, 0.15) is 54.2 Å². The molecule has 0 aromatic carbocycles. The number of aromatic amines is 1. The normalized spacial score (nSPS) is 22.8. The number of ether oxygens (including phenoxy) is 4. The fourth-order valence-electron chi connectivity index (χ4n) is 4.37. The first kappa shape index (κ1) is 33.1. The van der Waals surface area contributed by atoms with E-state index in [0.717, 1.165) is 0 Å². The topological polar surface area (TPSA) is 154 Å². The van der Waals surface area contributed by atoms with Crippen molar-refractivity contribution in [2.45, 2.75) is 91.0 Å². The van der Waals surface area contributed by atoms with E-state index in [9.17, 15) is 14.2 Å². The van der Waals surface area contributed by atoms with Crippen LogP contribution < -0.4 is 11.2 Å². The molecule has 2 rings (SSSR count). The average molecular weight is 573 g/mol. The lowest BCUT2D eigenvalue weighted by Gasteiger charge is -2.39. The van der Waals surface area contributed by atoms with Crippen LogP contribution in [0.15, 0.2) is 33.7 Å². The number of hydrogen-bond acceptors (Lipinski definition) is 11. The number of methoxy groups -OCH3 is 1.